The standard InChI is InChI=1S/C21H22N2O6/c1-4-27-20(25)17-15(22-21(26)23-18(17)16-6-5-9-28-16)11-29-19(24)14-10-12(2)7-8-13(14)3/h5-10,18H,4,11H2,1-3H3,(H2,22,23,26). The summed E-state index contributed by atoms with van der Waals surface area (Å²) < 4.78 is 15.9. The molecule has 1 aromatic carbocycles. The van der Waals surface area contributed by atoms with E-state index in [4.69, 9.17) is 13.9 Å². The predicted octanol–water partition coefficient (Wildman–Crippen LogP) is 2.92. The van der Waals surface area contributed by atoms with Crippen LogP contribution in [-0.4, -0.2) is 31.2 Å². The van der Waals surface area contributed by atoms with E-state index >= 15 is 0 Å². The first-order valence-corrected chi connectivity index (χ1v) is 9.16. The third-order valence-corrected chi connectivity index (χ3v) is 4.44. The van der Waals surface area contributed by atoms with Gasteiger partial charge in [-0.05, 0) is 44.5 Å². The van der Waals surface area contributed by atoms with E-state index in [0.29, 0.717) is 11.3 Å². The van der Waals surface area contributed by atoms with Crippen molar-refractivity contribution >= 4 is 18.0 Å². The fourth-order valence-corrected chi connectivity index (χ4v) is 3.02. The number of rotatable bonds is 6. The molecule has 0 fully saturated rings. The molecule has 0 spiro atoms. The van der Waals surface area contributed by atoms with Crippen LogP contribution >= 0.6 is 0 Å². The average molecular weight is 398 g/mol. The molecule has 152 valence electrons. The third-order valence-electron chi connectivity index (χ3n) is 4.44. The molecule has 8 nitrogen and oxygen atoms in total. The Bertz CT molecular complexity index is 962. The summed E-state index contributed by atoms with van der Waals surface area (Å²) in [6.07, 6.45) is 1.44. The summed E-state index contributed by atoms with van der Waals surface area (Å²) in [7, 11) is 0. The van der Waals surface area contributed by atoms with Crippen molar-refractivity contribution in [2.45, 2.75) is 26.8 Å². The molecular weight excluding hydrogens is 376 g/mol. The molecule has 29 heavy (non-hydrogen) atoms. The second-order valence-electron chi connectivity index (χ2n) is 6.55. The molecule has 1 atom stereocenters. The van der Waals surface area contributed by atoms with E-state index < -0.39 is 24.0 Å². The molecule has 1 aliphatic rings. The van der Waals surface area contributed by atoms with E-state index in [1.54, 1.807) is 32.0 Å². The maximum absolute atomic E-state index is 12.6. The highest BCUT2D eigenvalue weighted by Crippen LogP contribution is 2.28. The monoisotopic (exact) mass is 398 g/mol. The maximum Gasteiger partial charge on any atom is 0.338 e. The Balaban J connectivity index is 1.90. The van der Waals surface area contributed by atoms with Gasteiger partial charge in [-0.3, -0.25) is 0 Å². The van der Waals surface area contributed by atoms with Gasteiger partial charge >= 0.3 is 18.0 Å². The van der Waals surface area contributed by atoms with Crippen LogP contribution in [0.1, 0.15) is 40.2 Å². The first-order chi connectivity index (χ1) is 13.9. The Morgan fingerprint density at radius 3 is 2.62 bits per heavy atom. The lowest BCUT2D eigenvalue weighted by atomic mass is 10.0. The lowest BCUT2D eigenvalue weighted by Gasteiger charge is -2.27. The van der Waals surface area contributed by atoms with Gasteiger partial charge in [0, 0.05) is 0 Å². The average Bonchev–Trinajstić information content (AvgIpc) is 3.22. The van der Waals surface area contributed by atoms with E-state index in [1.807, 2.05) is 19.1 Å². The molecule has 2 heterocycles. The van der Waals surface area contributed by atoms with Crippen molar-refractivity contribution in [3.8, 4) is 0 Å². The van der Waals surface area contributed by atoms with E-state index in [2.05, 4.69) is 10.6 Å². The minimum atomic E-state index is -0.854. The fraction of sp³-hybridized carbons (Fsp3) is 0.286. The van der Waals surface area contributed by atoms with Gasteiger partial charge in [-0.15, -0.1) is 0 Å². The van der Waals surface area contributed by atoms with Crippen molar-refractivity contribution < 1.29 is 28.3 Å². The fourth-order valence-electron chi connectivity index (χ4n) is 3.02. The molecule has 8 heteroatoms. The molecule has 2 N–H and O–H groups in total. The van der Waals surface area contributed by atoms with E-state index in [-0.39, 0.29) is 24.5 Å². The number of carbonyl (C=O) groups is 3. The number of nitrogens with one attached hydrogen (secondary N) is 2. The second kappa shape index (κ2) is 8.64. The maximum atomic E-state index is 12.6. The summed E-state index contributed by atoms with van der Waals surface area (Å²) in [5.41, 5.74) is 2.37. The lowest BCUT2D eigenvalue weighted by Crippen LogP contribution is -2.47. The number of urea groups is 1. The van der Waals surface area contributed by atoms with Crippen LogP contribution in [0.3, 0.4) is 0 Å². The largest absolute Gasteiger partial charge is 0.467 e. The molecule has 1 aliphatic heterocycles. The molecule has 0 aliphatic carbocycles. The number of hydrogen-bond acceptors (Lipinski definition) is 6. The normalized spacial score (nSPS) is 16.1. The van der Waals surface area contributed by atoms with Crippen molar-refractivity contribution in [3.63, 3.8) is 0 Å². The highest BCUT2D eigenvalue weighted by atomic mass is 16.5. The van der Waals surface area contributed by atoms with Gasteiger partial charge in [0.1, 0.15) is 18.4 Å². The first-order valence-electron chi connectivity index (χ1n) is 9.16. The van der Waals surface area contributed by atoms with Gasteiger partial charge in [0.25, 0.3) is 0 Å². The summed E-state index contributed by atoms with van der Waals surface area (Å²) in [6, 6.07) is 7.33. The smallest absolute Gasteiger partial charge is 0.338 e. The van der Waals surface area contributed by atoms with Crippen LogP contribution in [0.25, 0.3) is 0 Å². The van der Waals surface area contributed by atoms with E-state index in [1.165, 1.54) is 6.26 Å². The SMILES string of the molecule is CCOC(=O)C1=C(COC(=O)c2cc(C)ccc2C)NC(=O)NC1c1ccco1. The summed E-state index contributed by atoms with van der Waals surface area (Å²) in [5.74, 6) is -0.829. The van der Waals surface area contributed by atoms with Crippen molar-refractivity contribution in [1.82, 2.24) is 10.6 Å². The van der Waals surface area contributed by atoms with Gasteiger partial charge in [-0.25, -0.2) is 14.4 Å². The van der Waals surface area contributed by atoms with E-state index in [9.17, 15) is 14.4 Å². The Hall–Kier alpha value is -3.55. The number of amides is 2. The predicted molar refractivity (Wildman–Crippen MR) is 103 cm³/mol. The van der Waals surface area contributed by atoms with Crippen LogP contribution in [-0.2, 0) is 14.3 Å². The van der Waals surface area contributed by atoms with Gasteiger partial charge in [0.15, 0.2) is 0 Å². The minimum Gasteiger partial charge on any atom is -0.467 e. The molecule has 2 aromatic rings. The summed E-state index contributed by atoms with van der Waals surface area (Å²) in [4.78, 5) is 37.3. The van der Waals surface area contributed by atoms with Crippen molar-refractivity contribution in [1.29, 1.82) is 0 Å². The van der Waals surface area contributed by atoms with Crippen LogP contribution in [0.4, 0.5) is 4.79 Å². The zero-order chi connectivity index (χ0) is 21.0. The number of esters is 2. The van der Waals surface area contributed by atoms with Gasteiger partial charge in [-0.1, -0.05) is 17.7 Å². The molecule has 1 unspecified atom stereocenters. The van der Waals surface area contributed by atoms with Crippen LogP contribution in [0, 0.1) is 13.8 Å². The summed E-state index contributed by atoms with van der Waals surface area (Å²) >= 11 is 0. The van der Waals surface area contributed by atoms with Crippen LogP contribution in [0.15, 0.2) is 52.3 Å². The Morgan fingerprint density at radius 1 is 1.14 bits per heavy atom. The van der Waals surface area contributed by atoms with Gasteiger partial charge in [0.2, 0.25) is 0 Å². The van der Waals surface area contributed by atoms with Crippen molar-refractivity contribution in [2.75, 3.05) is 13.2 Å². The number of furan rings is 1. The molecule has 0 radical (unpaired) electrons. The minimum absolute atomic E-state index is 0.121. The van der Waals surface area contributed by atoms with Crippen molar-refractivity contribution in [3.05, 3.63) is 70.3 Å². The summed E-state index contributed by atoms with van der Waals surface area (Å²) in [6.45, 7) is 5.20. The zero-order valence-electron chi connectivity index (χ0n) is 16.4. The molecule has 1 aromatic heterocycles. The molecular formula is C21H22N2O6. The molecule has 0 saturated heterocycles. The third kappa shape index (κ3) is 4.48. The number of benzene rings is 1. The first kappa shape index (κ1) is 20.2. The van der Waals surface area contributed by atoms with Crippen LogP contribution < -0.4 is 10.6 Å². The van der Waals surface area contributed by atoms with Crippen molar-refractivity contribution in [2.24, 2.45) is 0 Å². The molecule has 0 bridgehead atoms. The van der Waals surface area contributed by atoms with Crippen LogP contribution in [0.5, 0.6) is 0 Å². The zero-order valence-corrected chi connectivity index (χ0v) is 16.4. The Morgan fingerprint density at radius 2 is 1.93 bits per heavy atom. The molecule has 2 amide bonds. The van der Waals surface area contributed by atoms with Gasteiger partial charge in [0.05, 0.1) is 29.7 Å². The Labute approximate surface area is 167 Å². The highest BCUT2D eigenvalue weighted by Gasteiger charge is 2.35. The highest BCUT2D eigenvalue weighted by molar-refractivity contribution is 5.95. The topological polar surface area (TPSA) is 107 Å². The van der Waals surface area contributed by atoms with E-state index in [0.717, 1.165) is 11.1 Å². The quantitative estimate of drug-likeness (QED) is 0.725. The second-order valence-corrected chi connectivity index (χ2v) is 6.55. The van der Waals surface area contributed by atoms with Gasteiger partial charge < -0.3 is 24.5 Å². The lowest BCUT2D eigenvalue weighted by molar-refractivity contribution is -0.139. The van der Waals surface area contributed by atoms with Crippen LogP contribution in [0.2, 0.25) is 0 Å². The van der Waals surface area contributed by atoms with Gasteiger partial charge in [-0.2, -0.15) is 0 Å². The summed E-state index contributed by atoms with van der Waals surface area (Å²) in [5, 5.41) is 5.17. The molecule has 3 rings (SSSR count). The number of aryl methyl sites for hydroxylation is 2. The number of carbonyl (C=O) groups excluding carboxylic acids is 3. The number of hydrogen-bond donors (Lipinski definition) is 2. The molecule has 0 saturated carbocycles. The number of ether oxygens (including phenoxy) is 2. The Kier molecular flexibility index (Phi) is 6.01.